The zero-order chi connectivity index (χ0) is 25.2. The molecule has 2 aliphatic heterocycles. The number of benzene rings is 2. The van der Waals surface area contributed by atoms with Crippen molar-refractivity contribution in [1.29, 1.82) is 0 Å². The molecule has 0 nitrogen and oxygen atoms in total. The highest BCUT2D eigenvalue weighted by molar-refractivity contribution is 8.35. The minimum Gasteiger partial charge on any atom is -0.129 e. The van der Waals surface area contributed by atoms with E-state index < -0.39 is 0 Å². The summed E-state index contributed by atoms with van der Waals surface area (Å²) in [5.74, 6) is 7.48. The molecule has 2 aromatic rings. The fraction of sp³-hybridized carbons (Fsp3) is 0.586. The summed E-state index contributed by atoms with van der Waals surface area (Å²) in [6, 6.07) is 19.0. The van der Waals surface area contributed by atoms with E-state index in [-0.39, 0.29) is 17.7 Å². The van der Waals surface area contributed by atoms with Gasteiger partial charge in [-0.25, -0.2) is 0 Å². The Morgan fingerprint density at radius 3 is 1.17 bits per heavy atom. The molecule has 2 heterocycles. The number of hydrogen-bond acceptors (Lipinski definition) is 6. The maximum absolute atomic E-state index is 2.40. The van der Waals surface area contributed by atoms with E-state index >= 15 is 0 Å². The second-order valence-electron chi connectivity index (χ2n) is 11.2. The van der Waals surface area contributed by atoms with E-state index in [4.69, 9.17) is 0 Å². The Labute approximate surface area is 239 Å². The van der Waals surface area contributed by atoms with Crippen molar-refractivity contribution in [2.75, 3.05) is 34.5 Å². The quantitative estimate of drug-likeness (QED) is 0.283. The Kier molecular flexibility index (Phi) is 9.57. The van der Waals surface area contributed by atoms with Crippen molar-refractivity contribution in [3.63, 3.8) is 0 Å². The first-order chi connectivity index (χ1) is 16.5. The largest absolute Gasteiger partial charge is 0.132 e. The first-order valence-corrected chi connectivity index (χ1v) is 18.5. The molecule has 0 unspecified atom stereocenters. The van der Waals surface area contributed by atoms with Crippen molar-refractivity contribution in [3.8, 4) is 0 Å². The first kappa shape index (κ1) is 28.5. The second kappa shape index (κ2) is 11.7. The molecule has 2 aliphatic rings. The lowest BCUT2D eigenvalue weighted by molar-refractivity contribution is 0.590. The minimum absolute atomic E-state index is 0.179. The van der Waals surface area contributed by atoms with Gasteiger partial charge in [0.25, 0.3) is 0 Å². The molecule has 6 heteroatoms. The van der Waals surface area contributed by atoms with Crippen LogP contribution in [0.4, 0.5) is 0 Å². The van der Waals surface area contributed by atoms with Crippen LogP contribution >= 0.6 is 70.6 Å². The van der Waals surface area contributed by atoms with E-state index in [9.17, 15) is 0 Å². The highest BCUT2D eigenvalue weighted by Crippen LogP contribution is 2.61. The molecule has 0 N–H and O–H groups in total. The molecule has 0 atom stereocenters. The average molecular weight is 581 g/mol. The number of thioether (sulfide) groups is 6. The van der Waals surface area contributed by atoms with Gasteiger partial charge in [-0.3, -0.25) is 0 Å². The van der Waals surface area contributed by atoms with Crippen molar-refractivity contribution in [1.82, 2.24) is 0 Å². The summed E-state index contributed by atoms with van der Waals surface area (Å²) >= 11 is 13.0. The zero-order valence-corrected chi connectivity index (χ0v) is 26.9. The Morgan fingerprint density at radius 2 is 0.886 bits per heavy atom. The average Bonchev–Trinajstić information content (AvgIpc) is 3.49. The highest BCUT2D eigenvalue weighted by Gasteiger charge is 2.40. The van der Waals surface area contributed by atoms with Gasteiger partial charge in [0.2, 0.25) is 0 Å². The lowest BCUT2D eigenvalue weighted by atomic mass is 9.87. The Hall–Kier alpha value is 0.540. The van der Waals surface area contributed by atoms with E-state index in [1.54, 1.807) is 0 Å². The van der Waals surface area contributed by atoms with Gasteiger partial charge in [-0.1, -0.05) is 90.1 Å². The predicted molar refractivity (Wildman–Crippen MR) is 173 cm³/mol. The molecule has 192 valence electrons. The normalized spacial score (nSPS) is 19.8. The molecule has 2 saturated heterocycles. The van der Waals surface area contributed by atoms with Crippen LogP contribution in [-0.4, -0.2) is 34.5 Å². The van der Waals surface area contributed by atoms with Crippen LogP contribution in [-0.2, 0) is 17.7 Å². The summed E-state index contributed by atoms with van der Waals surface area (Å²) < 4.78 is 0.358. The third kappa shape index (κ3) is 6.95. The van der Waals surface area contributed by atoms with Crippen LogP contribution in [0.3, 0.4) is 0 Å². The van der Waals surface area contributed by atoms with Crippen LogP contribution in [0.15, 0.2) is 48.5 Å². The lowest BCUT2D eigenvalue weighted by Gasteiger charge is -2.30. The molecule has 0 aliphatic carbocycles. The number of rotatable bonds is 8. The number of hydrogen-bond donors (Lipinski definition) is 0. The molecule has 35 heavy (non-hydrogen) atoms. The van der Waals surface area contributed by atoms with Gasteiger partial charge in [0.15, 0.2) is 0 Å². The maximum Gasteiger partial charge on any atom is 0.132 e. The van der Waals surface area contributed by atoms with Crippen molar-refractivity contribution < 1.29 is 0 Å². The third-order valence-electron chi connectivity index (χ3n) is 6.42. The van der Waals surface area contributed by atoms with Crippen molar-refractivity contribution in [3.05, 3.63) is 70.8 Å². The van der Waals surface area contributed by atoms with Crippen molar-refractivity contribution in [2.45, 2.75) is 65.6 Å². The molecule has 4 rings (SSSR count). The van der Waals surface area contributed by atoms with Gasteiger partial charge >= 0.3 is 0 Å². The van der Waals surface area contributed by atoms with Crippen LogP contribution in [0.25, 0.3) is 0 Å². The first-order valence-electron chi connectivity index (χ1n) is 12.6. The summed E-state index contributed by atoms with van der Waals surface area (Å²) in [6.07, 6.45) is 1.27. The Morgan fingerprint density at radius 1 is 0.571 bits per heavy atom. The fourth-order valence-corrected chi connectivity index (χ4v) is 14.8. The second-order valence-corrected chi connectivity index (χ2v) is 20.6. The summed E-state index contributed by atoms with van der Waals surface area (Å²) in [5.41, 5.74) is 6.27. The summed E-state index contributed by atoms with van der Waals surface area (Å²) in [4.78, 5) is 0. The fourth-order valence-electron chi connectivity index (χ4n) is 4.27. The molecular weight excluding hydrogens is 541 g/mol. The van der Waals surface area contributed by atoms with Gasteiger partial charge in [-0.2, -0.15) is 0 Å². The molecule has 0 spiro atoms. The molecule has 0 bridgehead atoms. The molecule has 0 saturated carbocycles. The lowest BCUT2D eigenvalue weighted by Crippen LogP contribution is -2.15. The summed E-state index contributed by atoms with van der Waals surface area (Å²) in [5, 5.41) is 0. The van der Waals surface area contributed by atoms with Gasteiger partial charge in [-0.15, -0.1) is 70.6 Å². The SMILES string of the molecule is CC(C)(C)c1ccc(C2(SCCCSC3(c4ccc(C(C)(C)C)cc4)SCCS3)SCCS2)cc1. The van der Waals surface area contributed by atoms with E-state index in [0.29, 0.717) is 0 Å². The third-order valence-corrected chi connectivity index (χ3v) is 17.5. The minimum atomic E-state index is 0.179. The van der Waals surface area contributed by atoms with Crippen LogP contribution in [0, 0.1) is 0 Å². The Bertz CT molecular complexity index is 861. The van der Waals surface area contributed by atoms with Gasteiger partial charge in [0, 0.05) is 23.0 Å². The van der Waals surface area contributed by atoms with Crippen molar-refractivity contribution >= 4 is 70.6 Å². The van der Waals surface area contributed by atoms with Gasteiger partial charge < -0.3 is 0 Å². The molecule has 2 aromatic carbocycles. The van der Waals surface area contributed by atoms with E-state index in [1.807, 2.05) is 0 Å². The molecule has 0 radical (unpaired) electrons. The van der Waals surface area contributed by atoms with Crippen LogP contribution in [0.2, 0.25) is 0 Å². The molecular formula is C29H40S6. The summed E-state index contributed by atoms with van der Waals surface area (Å²) in [7, 11) is 0. The van der Waals surface area contributed by atoms with E-state index in [1.165, 1.54) is 63.2 Å². The summed E-state index contributed by atoms with van der Waals surface area (Å²) in [6.45, 7) is 13.8. The predicted octanol–water partition coefficient (Wildman–Crippen LogP) is 10.0. The zero-order valence-electron chi connectivity index (χ0n) is 22.0. The Balaban J connectivity index is 1.35. The standard InChI is InChI=1S/C29H40S6/c1-26(2,3)22-8-12-24(13-9-22)28(32-18-19-33-28)30-16-7-17-31-29(34-20-21-35-29)25-14-10-23(11-15-25)27(4,5)6/h8-15H,7,16-21H2,1-6H3. The van der Waals surface area contributed by atoms with Crippen LogP contribution < -0.4 is 0 Å². The van der Waals surface area contributed by atoms with E-state index in [2.05, 4.69) is 161 Å². The van der Waals surface area contributed by atoms with Gasteiger partial charge in [0.05, 0.1) is 0 Å². The van der Waals surface area contributed by atoms with Gasteiger partial charge in [-0.05, 0) is 51.0 Å². The maximum atomic E-state index is 2.40. The molecule has 0 amide bonds. The van der Waals surface area contributed by atoms with Gasteiger partial charge in [0.1, 0.15) is 6.82 Å². The topological polar surface area (TPSA) is 0 Å². The van der Waals surface area contributed by atoms with Crippen LogP contribution in [0.5, 0.6) is 0 Å². The molecule has 2 fully saturated rings. The van der Waals surface area contributed by atoms with Crippen LogP contribution in [0.1, 0.15) is 70.2 Å². The monoisotopic (exact) mass is 580 g/mol. The van der Waals surface area contributed by atoms with E-state index in [0.717, 1.165) is 0 Å². The highest BCUT2D eigenvalue weighted by atomic mass is 32.3. The molecule has 0 aromatic heterocycles. The van der Waals surface area contributed by atoms with Crippen molar-refractivity contribution in [2.24, 2.45) is 0 Å². The smallest absolute Gasteiger partial charge is 0.129 e.